The number of pyridine rings is 1. The third kappa shape index (κ3) is 1.95. The van der Waals surface area contributed by atoms with E-state index in [4.69, 9.17) is 0 Å². The Bertz CT molecular complexity index is 498. The van der Waals surface area contributed by atoms with Crippen molar-refractivity contribution in [3.8, 4) is 0 Å². The van der Waals surface area contributed by atoms with Crippen LogP contribution in [-0.2, 0) is 0 Å². The Hall–Kier alpha value is -1.37. The van der Waals surface area contributed by atoms with Gasteiger partial charge in [-0.3, -0.25) is 0 Å². The van der Waals surface area contributed by atoms with Gasteiger partial charge < -0.3 is 0 Å². The molecule has 0 aliphatic carbocycles. The Balaban J connectivity index is 2.68. The molecule has 0 bridgehead atoms. The molecule has 1 heterocycles. The molecule has 2 aromatic rings. The first-order chi connectivity index (χ1) is 7.59. The summed E-state index contributed by atoms with van der Waals surface area (Å²) in [7, 11) is 0. The lowest BCUT2D eigenvalue weighted by Gasteiger charge is -2.09. The molecular formula is C15H20N+. The first kappa shape index (κ1) is 11.1. The summed E-state index contributed by atoms with van der Waals surface area (Å²) in [6.45, 7) is 8.93. The number of rotatable bonds is 2. The first-order valence-electron chi connectivity index (χ1n) is 6.03. The summed E-state index contributed by atoms with van der Waals surface area (Å²) < 4.78 is 2.27. The van der Waals surface area contributed by atoms with E-state index in [1.165, 1.54) is 16.3 Å². The average molecular weight is 214 g/mol. The van der Waals surface area contributed by atoms with Crippen molar-refractivity contribution < 1.29 is 4.57 Å². The lowest BCUT2D eigenvalue weighted by atomic mass is 9.97. The van der Waals surface area contributed by atoms with Crippen LogP contribution in [0.5, 0.6) is 0 Å². The molecule has 2 rings (SSSR count). The van der Waals surface area contributed by atoms with Gasteiger partial charge in [0, 0.05) is 11.5 Å². The highest BCUT2D eigenvalue weighted by molar-refractivity contribution is 5.84. The lowest BCUT2D eigenvalue weighted by Crippen LogP contribution is -2.35. The van der Waals surface area contributed by atoms with Crippen molar-refractivity contribution in [1.82, 2.24) is 0 Å². The van der Waals surface area contributed by atoms with Crippen LogP contribution in [0.2, 0.25) is 0 Å². The van der Waals surface area contributed by atoms with E-state index in [1.807, 2.05) is 0 Å². The molecule has 1 nitrogen and oxygen atoms in total. The predicted molar refractivity (Wildman–Crippen MR) is 68.6 cm³/mol. The standard InChI is InChI=1S/C15H20N/c1-11(2)14-7-5-6-13-8-9-16(12(3)4)10-15(13)14/h5-12H,1-4H3/q+1. The summed E-state index contributed by atoms with van der Waals surface area (Å²) in [6, 6.07) is 9.30. The van der Waals surface area contributed by atoms with Crippen LogP contribution in [0.3, 0.4) is 0 Å². The van der Waals surface area contributed by atoms with Gasteiger partial charge in [0.25, 0.3) is 0 Å². The molecule has 0 N–H and O–H groups in total. The smallest absolute Gasteiger partial charge is 0.177 e. The third-order valence-corrected chi connectivity index (χ3v) is 3.10. The second-order valence-corrected chi connectivity index (χ2v) is 4.99. The van der Waals surface area contributed by atoms with E-state index in [-0.39, 0.29) is 0 Å². The van der Waals surface area contributed by atoms with Crippen molar-refractivity contribution in [2.75, 3.05) is 0 Å². The number of hydrogen-bond acceptors (Lipinski definition) is 0. The summed E-state index contributed by atoms with van der Waals surface area (Å²) >= 11 is 0. The minimum Gasteiger partial charge on any atom is -0.202 e. The highest BCUT2D eigenvalue weighted by Gasteiger charge is 2.11. The van der Waals surface area contributed by atoms with Gasteiger partial charge >= 0.3 is 0 Å². The maximum atomic E-state index is 2.27. The number of benzene rings is 1. The zero-order valence-electron chi connectivity index (χ0n) is 10.6. The minimum atomic E-state index is 0.518. The molecule has 1 aromatic carbocycles. The summed E-state index contributed by atoms with van der Waals surface area (Å²) in [4.78, 5) is 0. The van der Waals surface area contributed by atoms with Gasteiger partial charge in [-0.2, -0.15) is 0 Å². The zero-order valence-corrected chi connectivity index (χ0v) is 10.6. The molecule has 0 saturated heterocycles. The fourth-order valence-corrected chi connectivity index (χ4v) is 2.08. The monoisotopic (exact) mass is 214 g/mol. The number of fused-ring (bicyclic) bond motifs is 1. The van der Waals surface area contributed by atoms with E-state index >= 15 is 0 Å². The maximum absolute atomic E-state index is 2.27. The van der Waals surface area contributed by atoms with E-state index in [0.717, 1.165) is 0 Å². The van der Waals surface area contributed by atoms with Gasteiger partial charge in [-0.15, -0.1) is 0 Å². The minimum absolute atomic E-state index is 0.518. The Kier molecular flexibility index (Phi) is 2.95. The summed E-state index contributed by atoms with van der Waals surface area (Å²) in [6.07, 6.45) is 4.44. The van der Waals surface area contributed by atoms with Gasteiger partial charge in [0.05, 0.1) is 0 Å². The van der Waals surface area contributed by atoms with E-state index in [1.54, 1.807) is 0 Å². The third-order valence-electron chi connectivity index (χ3n) is 3.10. The lowest BCUT2D eigenvalue weighted by molar-refractivity contribution is -0.715. The SMILES string of the molecule is CC(C)c1cccc2cc[n+](C(C)C)cc12. The fourth-order valence-electron chi connectivity index (χ4n) is 2.08. The quantitative estimate of drug-likeness (QED) is 0.669. The Morgan fingerprint density at radius 1 is 1.00 bits per heavy atom. The van der Waals surface area contributed by atoms with E-state index in [0.29, 0.717) is 12.0 Å². The Morgan fingerprint density at radius 3 is 2.38 bits per heavy atom. The van der Waals surface area contributed by atoms with E-state index in [9.17, 15) is 0 Å². The van der Waals surface area contributed by atoms with Gasteiger partial charge in [-0.25, -0.2) is 4.57 Å². The summed E-state index contributed by atoms with van der Waals surface area (Å²) in [5, 5.41) is 2.72. The maximum Gasteiger partial charge on any atom is 0.177 e. The molecule has 0 unspecified atom stereocenters. The van der Waals surface area contributed by atoms with E-state index < -0.39 is 0 Å². The zero-order chi connectivity index (χ0) is 11.7. The van der Waals surface area contributed by atoms with Crippen molar-refractivity contribution in [2.45, 2.75) is 39.7 Å². The molecule has 0 aliphatic rings. The van der Waals surface area contributed by atoms with Crippen LogP contribution in [0.25, 0.3) is 10.8 Å². The van der Waals surface area contributed by atoms with Gasteiger partial charge in [0.15, 0.2) is 18.4 Å². The van der Waals surface area contributed by atoms with Crippen molar-refractivity contribution in [3.63, 3.8) is 0 Å². The molecule has 1 heteroatoms. The Morgan fingerprint density at radius 2 is 1.75 bits per heavy atom. The van der Waals surface area contributed by atoms with Crippen molar-refractivity contribution in [1.29, 1.82) is 0 Å². The molecule has 16 heavy (non-hydrogen) atoms. The van der Waals surface area contributed by atoms with Crippen LogP contribution in [0.1, 0.15) is 45.2 Å². The molecule has 0 atom stereocenters. The molecular weight excluding hydrogens is 194 g/mol. The van der Waals surface area contributed by atoms with Crippen LogP contribution < -0.4 is 4.57 Å². The van der Waals surface area contributed by atoms with Gasteiger partial charge in [-0.1, -0.05) is 32.0 Å². The number of aromatic nitrogens is 1. The van der Waals surface area contributed by atoms with Gasteiger partial charge in [0.2, 0.25) is 0 Å². The molecule has 0 saturated carbocycles. The Labute approximate surface area is 97.7 Å². The first-order valence-corrected chi connectivity index (χ1v) is 6.03. The van der Waals surface area contributed by atoms with Gasteiger partial charge in [0.1, 0.15) is 0 Å². The number of nitrogens with zero attached hydrogens (tertiary/aromatic N) is 1. The van der Waals surface area contributed by atoms with Crippen LogP contribution in [0.15, 0.2) is 36.7 Å². The van der Waals surface area contributed by atoms with Crippen LogP contribution >= 0.6 is 0 Å². The fraction of sp³-hybridized carbons (Fsp3) is 0.400. The molecule has 0 fully saturated rings. The van der Waals surface area contributed by atoms with Crippen molar-refractivity contribution in [3.05, 3.63) is 42.2 Å². The van der Waals surface area contributed by atoms with E-state index in [2.05, 4.69) is 68.9 Å². The van der Waals surface area contributed by atoms with Crippen LogP contribution in [-0.4, -0.2) is 0 Å². The largest absolute Gasteiger partial charge is 0.202 e. The molecule has 0 radical (unpaired) electrons. The molecule has 1 aromatic heterocycles. The normalized spacial score (nSPS) is 11.6. The van der Waals surface area contributed by atoms with Crippen LogP contribution in [0.4, 0.5) is 0 Å². The molecule has 0 amide bonds. The highest BCUT2D eigenvalue weighted by Crippen LogP contribution is 2.24. The molecule has 84 valence electrons. The predicted octanol–water partition coefficient (Wildman–Crippen LogP) is 3.83. The second-order valence-electron chi connectivity index (χ2n) is 4.99. The number of hydrogen-bond donors (Lipinski definition) is 0. The summed E-state index contributed by atoms with van der Waals surface area (Å²) in [5.74, 6) is 0.576. The molecule has 0 spiro atoms. The van der Waals surface area contributed by atoms with Crippen molar-refractivity contribution >= 4 is 10.8 Å². The topological polar surface area (TPSA) is 3.88 Å². The van der Waals surface area contributed by atoms with Crippen LogP contribution in [0, 0.1) is 0 Å². The highest BCUT2D eigenvalue weighted by atomic mass is 15.0. The second kappa shape index (κ2) is 4.25. The van der Waals surface area contributed by atoms with Gasteiger partial charge in [-0.05, 0) is 30.7 Å². The summed E-state index contributed by atoms with van der Waals surface area (Å²) in [5.41, 5.74) is 1.44. The van der Waals surface area contributed by atoms with Crippen molar-refractivity contribution in [2.24, 2.45) is 0 Å². The average Bonchev–Trinajstić information content (AvgIpc) is 2.27. The molecule has 0 aliphatic heterocycles.